The van der Waals surface area contributed by atoms with E-state index in [1.54, 1.807) is 0 Å². The van der Waals surface area contributed by atoms with Crippen molar-refractivity contribution < 1.29 is 25.3 Å². The first-order valence-electron chi connectivity index (χ1n) is 4.17. The number of nitrogens with zero attached hydrogens (tertiary/aromatic N) is 1. The lowest BCUT2D eigenvalue weighted by Gasteiger charge is -1.98. The maximum absolute atomic E-state index is 10.7. The Morgan fingerprint density at radius 3 is 2.50 bits per heavy atom. The predicted octanol–water partition coefficient (Wildman–Crippen LogP) is 0.411. The molecule has 0 bridgehead atoms. The van der Waals surface area contributed by atoms with Crippen molar-refractivity contribution in [3.05, 3.63) is 29.8 Å². The lowest BCUT2D eigenvalue weighted by atomic mass is 10.2. The van der Waals surface area contributed by atoms with E-state index in [0.717, 1.165) is 3.95 Å². The third-order valence-corrected chi connectivity index (χ3v) is 3.20. The molecule has 1 rings (SSSR count). The van der Waals surface area contributed by atoms with Crippen LogP contribution >= 0.6 is 0 Å². The molecule has 0 amide bonds. The van der Waals surface area contributed by atoms with Gasteiger partial charge in [0.05, 0.1) is 0 Å². The lowest BCUT2D eigenvalue weighted by molar-refractivity contribution is -0.377. The average molecular weight is 264 g/mol. The molecular formula is C8H10NO5S2+. The summed E-state index contributed by atoms with van der Waals surface area (Å²) in [5.74, 6) is -0.541. The minimum Gasteiger partial charge on any atom is -0.285 e. The fourth-order valence-electron chi connectivity index (χ4n) is 1.14. The minimum atomic E-state index is -4.11. The van der Waals surface area contributed by atoms with Crippen LogP contribution in [0.15, 0.2) is 24.3 Å². The van der Waals surface area contributed by atoms with E-state index in [0.29, 0.717) is 11.3 Å². The van der Waals surface area contributed by atoms with Crippen LogP contribution < -0.4 is 0 Å². The highest BCUT2D eigenvalue weighted by Crippen LogP contribution is 2.14. The van der Waals surface area contributed by atoms with Gasteiger partial charge in [-0.15, -0.1) is 8.42 Å². The van der Waals surface area contributed by atoms with Gasteiger partial charge in [-0.25, -0.2) is 0 Å². The Balaban J connectivity index is 3.20. The van der Waals surface area contributed by atoms with E-state index >= 15 is 0 Å². The van der Waals surface area contributed by atoms with Gasteiger partial charge in [0.2, 0.25) is 5.69 Å². The van der Waals surface area contributed by atoms with Crippen LogP contribution in [0.1, 0.15) is 5.56 Å². The molecule has 88 valence electrons. The van der Waals surface area contributed by atoms with Gasteiger partial charge in [0.25, 0.3) is 10.1 Å². The maximum atomic E-state index is 10.7. The Hall–Kier alpha value is -1.25. The Bertz CT molecular complexity index is 622. The van der Waals surface area contributed by atoms with E-state index in [4.69, 9.17) is 4.55 Å². The van der Waals surface area contributed by atoms with E-state index in [1.165, 1.54) is 31.3 Å². The summed E-state index contributed by atoms with van der Waals surface area (Å²) in [6.07, 6.45) is 0. The van der Waals surface area contributed by atoms with Crippen LogP contribution in [-0.2, 0) is 26.4 Å². The summed E-state index contributed by atoms with van der Waals surface area (Å²) in [6.45, 7) is 0. The summed E-state index contributed by atoms with van der Waals surface area (Å²) < 4.78 is 52.2. The summed E-state index contributed by atoms with van der Waals surface area (Å²) in [6, 6.07) is 5.89. The van der Waals surface area contributed by atoms with Crippen LogP contribution in [-0.4, -0.2) is 32.4 Å². The highest BCUT2D eigenvalue weighted by atomic mass is 32.2. The third-order valence-electron chi connectivity index (χ3n) is 1.85. The van der Waals surface area contributed by atoms with Crippen molar-refractivity contribution in [2.45, 2.75) is 5.75 Å². The molecule has 0 aliphatic heterocycles. The van der Waals surface area contributed by atoms with Gasteiger partial charge in [-0.05, 0) is 5.56 Å². The Morgan fingerprint density at radius 2 is 2.00 bits per heavy atom. The van der Waals surface area contributed by atoms with Gasteiger partial charge in [-0.2, -0.15) is 8.42 Å². The molecule has 0 radical (unpaired) electrons. The predicted molar refractivity (Wildman–Crippen MR) is 56.5 cm³/mol. The zero-order valence-electron chi connectivity index (χ0n) is 8.36. The maximum Gasteiger partial charge on any atom is 0.464 e. The fourth-order valence-corrected chi connectivity index (χ4v) is 2.03. The number of hydrogen-bond acceptors (Lipinski definition) is 4. The van der Waals surface area contributed by atoms with E-state index < -0.39 is 26.4 Å². The first-order valence-corrected chi connectivity index (χ1v) is 6.81. The first kappa shape index (κ1) is 12.8. The van der Waals surface area contributed by atoms with Crippen LogP contribution in [0.5, 0.6) is 0 Å². The first-order chi connectivity index (χ1) is 7.29. The molecule has 16 heavy (non-hydrogen) atoms. The number of rotatable bonds is 3. The normalized spacial score (nSPS) is 11.1. The quantitative estimate of drug-likeness (QED) is 0.630. The summed E-state index contributed by atoms with van der Waals surface area (Å²) in [7, 11) is -5.20. The van der Waals surface area contributed by atoms with Gasteiger partial charge >= 0.3 is 10.5 Å². The SMILES string of the molecule is C[N+](c1cccc(CS(=O)(=O)O)c1)=S(=O)=O. The highest BCUT2D eigenvalue weighted by molar-refractivity contribution is 7.85. The van der Waals surface area contributed by atoms with Gasteiger partial charge in [-0.1, -0.05) is 16.1 Å². The Kier molecular flexibility index (Phi) is 3.79. The van der Waals surface area contributed by atoms with E-state index in [9.17, 15) is 16.8 Å². The van der Waals surface area contributed by atoms with Crippen molar-refractivity contribution in [2.24, 2.45) is 0 Å². The molecule has 0 heterocycles. The standard InChI is InChI=1S/C8H9NO5S2/c1-9(15(10)11)8-4-2-3-7(5-8)6-16(12,13)14/h2-5H,6H2,1H3/p+1. The molecule has 8 heteroatoms. The summed E-state index contributed by atoms with van der Waals surface area (Å²) in [5, 5.41) is 0. The van der Waals surface area contributed by atoms with Gasteiger partial charge in [-0.3, -0.25) is 4.55 Å². The molecule has 0 fully saturated rings. The molecule has 6 nitrogen and oxygen atoms in total. The molecule has 0 aliphatic carbocycles. The van der Waals surface area contributed by atoms with Gasteiger partial charge in [0.1, 0.15) is 5.75 Å². The van der Waals surface area contributed by atoms with Crippen molar-refractivity contribution in [2.75, 3.05) is 7.05 Å². The van der Waals surface area contributed by atoms with Crippen molar-refractivity contribution in [1.82, 2.24) is 0 Å². The lowest BCUT2D eigenvalue weighted by Crippen LogP contribution is -2.02. The van der Waals surface area contributed by atoms with Crippen molar-refractivity contribution in [3.63, 3.8) is 0 Å². The Morgan fingerprint density at radius 1 is 1.38 bits per heavy atom. The molecule has 0 spiro atoms. The van der Waals surface area contributed by atoms with Gasteiger partial charge in [0.15, 0.2) is 7.05 Å². The molecule has 1 aromatic carbocycles. The van der Waals surface area contributed by atoms with Crippen LogP contribution in [0, 0.1) is 0 Å². The molecule has 0 aromatic heterocycles. The number of benzene rings is 1. The summed E-state index contributed by atoms with van der Waals surface area (Å²) in [5.41, 5.74) is 0.645. The highest BCUT2D eigenvalue weighted by Gasteiger charge is 2.11. The average Bonchev–Trinajstić information content (AvgIpc) is 2.14. The minimum absolute atomic E-state index is 0.317. The molecule has 0 saturated heterocycles. The monoisotopic (exact) mass is 264 g/mol. The number of hydrogen-bond donors (Lipinski definition) is 1. The molecule has 0 saturated carbocycles. The molecule has 0 unspecified atom stereocenters. The smallest absolute Gasteiger partial charge is 0.285 e. The second-order valence-corrected chi connectivity index (χ2v) is 5.55. The third kappa shape index (κ3) is 3.72. The van der Waals surface area contributed by atoms with E-state index in [1.807, 2.05) is 0 Å². The summed E-state index contributed by atoms with van der Waals surface area (Å²) in [4.78, 5) is 0. The van der Waals surface area contributed by atoms with Crippen LogP contribution in [0.4, 0.5) is 5.69 Å². The van der Waals surface area contributed by atoms with E-state index in [2.05, 4.69) is 0 Å². The van der Waals surface area contributed by atoms with Gasteiger partial charge < -0.3 is 0 Å². The second-order valence-electron chi connectivity index (χ2n) is 3.11. The molecular weight excluding hydrogens is 254 g/mol. The van der Waals surface area contributed by atoms with Crippen molar-refractivity contribution >= 4 is 26.3 Å². The molecule has 0 aliphatic rings. The largest absolute Gasteiger partial charge is 0.464 e. The van der Waals surface area contributed by atoms with Crippen LogP contribution in [0.2, 0.25) is 0 Å². The zero-order chi connectivity index (χ0) is 12.3. The molecule has 1 aromatic rings. The molecule has 0 atom stereocenters. The molecule has 1 N–H and O–H groups in total. The van der Waals surface area contributed by atoms with Crippen molar-refractivity contribution in [3.8, 4) is 0 Å². The fraction of sp³-hybridized carbons (Fsp3) is 0.250. The zero-order valence-corrected chi connectivity index (χ0v) is 9.99. The topological polar surface area (TPSA) is 91.5 Å². The van der Waals surface area contributed by atoms with Gasteiger partial charge in [0, 0.05) is 12.1 Å². The summed E-state index contributed by atoms with van der Waals surface area (Å²) >= 11 is 0. The van der Waals surface area contributed by atoms with E-state index in [-0.39, 0.29) is 0 Å². The van der Waals surface area contributed by atoms with Crippen LogP contribution in [0.3, 0.4) is 0 Å². The Labute approximate surface area is 94.6 Å². The van der Waals surface area contributed by atoms with Crippen molar-refractivity contribution in [1.29, 1.82) is 0 Å². The van der Waals surface area contributed by atoms with Crippen LogP contribution in [0.25, 0.3) is 0 Å². The second kappa shape index (κ2) is 4.73.